The number of hydrazine groups is 1. The Balaban J connectivity index is 1.19. The van der Waals surface area contributed by atoms with E-state index < -0.39 is 6.04 Å². The standard InChI is InChI=1S/C30H37N7O3/c1-3-36-14-5-15-37(17-16-36)22-10-8-20(9-11-22)27-26-28(33-32-27)23-6-4-7-24(25(23)29(26)38)31-30(39)34-35(2)21-12-18-40-19-13-21/h4,6-11,21,28H,3,5,12-19H2,1-2H3,(H2,31,34,39). The molecule has 3 heterocycles. The Labute approximate surface area is 235 Å². The average Bonchev–Trinajstić information content (AvgIpc) is 3.43. The molecule has 1 aliphatic carbocycles. The number of carbonyl (C=O) groups is 2. The number of hydrogen-bond acceptors (Lipinski definition) is 8. The number of nitrogens with one attached hydrogen (secondary N) is 2. The van der Waals surface area contributed by atoms with Crippen LogP contribution in [-0.2, 0) is 4.74 Å². The molecule has 10 heteroatoms. The summed E-state index contributed by atoms with van der Waals surface area (Å²) in [5.74, 6) is -0.134. The van der Waals surface area contributed by atoms with Crippen LogP contribution in [0.25, 0.3) is 5.70 Å². The van der Waals surface area contributed by atoms with Gasteiger partial charge in [0, 0.05) is 57.2 Å². The van der Waals surface area contributed by atoms with Crippen LogP contribution < -0.4 is 15.6 Å². The maximum absolute atomic E-state index is 13.8. The van der Waals surface area contributed by atoms with Crippen molar-refractivity contribution in [3.05, 3.63) is 64.7 Å². The molecular weight excluding hydrogens is 506 g/mol. The lowest BCUT2D eigenvalue weighted by Crippen LogP contribution is -2.49. The van der Waals surface area contributed by atoms with Crippen LogP contribution in [-0.4, -0.2) is 80.8 Å². The molecule has 3 aliphatic heterocycles. The maximum Gasteiger partial charge on any atom is 0.333 e. The lowest BCUT2D eigenvalue weighted by atomic mass is 10.0. The van der Waals surface area contributed by atoms with Gasteiger partial charge in [0.15, 0.2) is 5.78 Å². The summed E-state index contributed by atoms with van der Waals surface area (Å²) in [6, 6.07) is 13.2. The number of benzene rings is 2. The number of ketones is 1. The predicted octanol–water partition coefficient (Wildman–Crippen LogP) is 4.48. The molecule has 10 nitrogen and oxygen atoms in total. The van der Waals surface area contributed by atoms with Crippen LogP contribution in [0.15, 0.2) is 58.3 Å². The number of rotatable bonds is 6. The molecule has 0 radical (unpaired) electrons. The van der Waals surface area contributed by atoms with Crippen molar-refractivity contribution < 1.29 is 14.3 Å². The first kappa shape index (κ1) is 26.6. The zero-order valence-corrected chi connectivity index (χ0v) is 23.2. The van der Waals surface area contributed by atoms with Crippen LogP contribution in [0.4, 0.5) is 16.2 Å². The van der Waals surface area contributed by atoms with E-state index in [1.807, 2.05) is 36.3 Å². The zero-order valence-electron chi connectivity index (χ0n) is 23.2. The van der Waals surface area contributed by atoms with Crippen molar-refractivity contribution in [2.75, 3.05) is 63.2 Å². The number of fused-ring (bicyclic) bond motifs is 3. The minimum atomic E-state index is -0.447. The molecular formula is C30H37N7O3. The first-order chi connectivity index (χ1) is 19.5. The van der Waals surface area contributed by atoms with Gasteiger partial charge in [0.1, 0.15) is 11.7 Å². The molecule has 0 aromatic heterocycles. The van der Waals surface area contributed by atoms with Crippen molar-refractivity contribution in [3.8, 4) is 0 Å². The van der Waals surface area contributed by atoms with Crippen molar-refractivity contribution in [3.63, 3.8) is 0 Å². The predicted molar refractivity (Wildman–Crippen MR) is 154 cm³/mol. The summed E-state index contributed by atoms with van der Waals surface area (Å²) in [7, 11) is 1.86. The molecule has 2 saturated heterocycles. The molecule has 0 saturated carbocycles. The van der Waals surface area contributed by atoms with Crippen LogP contribution >= 0.6 is 0 Å². The Morgan fingerprint density at radius 1 is 1.07 bits per heavy atom. The summed E-state index contributed by atoms with van der Waals surface area (Å²) >= 11 is 0. The second kappa shape index (κ2) is 11.5. The number of amides is 2. The number of ether oxygens (including phenoxy) is 1. The number of nitrogens with zero attached hydrogens (tertiary/aromatic N) is 5. The number of Topliss-reactive ketones (excluding diaryl/α,β-unsaturated/α-hetero) is 1. The molecule has 2 N–H and O–H groups in total. The quantitative estimate of drug-likeness (QED) is 0.521. The van der Waals surface area contributed by atoms with Gasteiger partial charge < -0.3 is 19.9 Å². The van der Waals surface area contributed by atoms with Gasteiger partial charge in [-0.15, -0.1) is 0 Å². The highest BCUT2D eigenvalue weighted by molar-refractivity contribution is 6.22. The molecule has 40 heavy (non-hydrogen) atoms. The van der Waals surface area contributed by atoms with E-state index in [0.717, 1.165) is 63.1 Å². The second-order valence-corrected chi connectivity index (χ2v) is 10.8. The average molecular weight is 544 g/mol. The van der Waals surface area contributed by atoms with E-state index in [-0.39, 0.29) is 17.9 Å². The van der Waals surface area contributed by atoms with Gasteiger partial charge in [0.05, 0.1) is 16.8 Å². The Morgan fingerprint density at radius 2 is 1.88 bits per heavy atom. The molecule has 1 atom stereocenters. The highest BCUT2D eigenvalue weighted by Gasteiger charge is 2.42. The lowest BCUT2D eigenvalue weighted by molar-refractivity contribution is 0.0312. The first-order valence-electron chi connectivity index (χ1n) is 14.3. The highest BCUT2D eigenvalue weighted by atomic mass is 16.5. The van der Waals surface area contributed by atoms with E-state index >= 15 is 0 Å². The van der Waals surface area contributed by atoms with Crippen molar-refractivity contribution in [1.82, 2.24) is 15.3 Å². The van der Waals surface area contributed by atoms with Crippen LogP contribution in [0, 0.1) is 0 Å². The fraction of sp³-hybridized carbons (Fsp3) is 0.467. The Bertz CT molecular complexity index is 1330. The van der Waals surface area contributed by atoms with E-state index in [9.17, 15) is 9.59 Å². The summed E-state index contributed by atoms with van der Waals surface area (Å²) in [5, 5.41) is 13.6. The molecule has 2 fully saturated rings. The second-order valence-electron chi connectivity index (χ2n) is 10.8. The monoisotopic (exact) mass is 543 g/mol. The third kappa shape index (κ3) is 5.14. The molecule has 2 aromatic rings. The van der Waals surface area contributed by atoms with Gasteiger partial charge in [-0.1, -0.05) is 31.2 Å². The van der Waals surface area contributed by atoms with Gasteiger partial charge in [-0.25, -0.2) is 9.80 Å². The topological polar surface area (TPSA) is 102 Å². The van der Waals surface area contributed by atoms with E-state index in [1.54, 1.807) is 6.07 Å². The van der Waals surface area contributed by atoms with Crippen molar-refractivity contribution >= 4 is 28.9 Å². The van der Waals surface area contributed by atoms with E-state index in [2.05, 4.69) is 49.8 Å². The zero-order chi connectivity index (χ0) is 27.6. The Morgan fingerprint density at radius 3 is 2.65 bits per heavy atom. The number of azo groups is 1. The molecule has 0 spiro atoms. The number of carbonyl (C=O) groups excluding carboxylic acids is 2. The fourth-order valence-corrected chi connectivity index (χ4v) is 6.16. The van der Waals surface area contributed by atoms with Gasteiger partial charge in [0.25, 0.3) is 0 Å². The third-order valence-electron chi connectivity index (χ3n) is 8.47. The number of hydrogen-bond donors (Lipinski definition) is 2. The number of urea groups is 1. The molecule has 4 aliphatic rings. The van der Waals surface area contributed by atoms with Crippen LogP contribution in [0.2, 0.25) is 0 Å². The summed E-state index contributed by atoms with van der Waals surface area (Å²) in [6.07, 6.45) is 2.86. The van der Waals surface area contributed by atoms with Gasteiger partial charge in [-0.05, 0) is 56.1 Å². The van der Waals surface area contributed by atoms with E-state index in [0.29, 0.717) is 35.7 Å². The fourth-order valence-electron chi connectivity index (χ4n) is 6.16. The third-order valence-corrected chi connectivity index (χ3v) is 8.47. The normalized spacial score (nSPS) is 21.5. The molecule has 0 bridgehead atoms. The SMILES string of the molecule is CCN1CCCN(c2ccc(C3=C4C(=O)c5c(NC(=O)NN(C)C6CCOCC6)cccc5C4N=N3)cc2)CC1. The first-order valence-corrected chi connectivity index (χ1v) is 14.3. The summed E-state index contributed by atoms with van der Waals surface area (Å²) < 4.78 is 5.42. The number of likely N-dealkylation sites (N-methyl/N-ethyl adjacent to an activating group) is 1. The smallest absolute Gasteiger partial charge is 0.333 e. The molecule has 1 unspecified atom stereocenters. The largest absolute Gasteiger partial charge is 0.381 e. The Hall–Kier alpha value is -3.60. The van der Waals surface area contributed by atoms with Crippen molar-refractivity contribution in [2.45, 2.75) is 38.3 Å². The minimum Gasteiger partial charge on any atom is -0.381 e. The van der Waals surface area contributed by atoms with Crippen molar-refractivity contribution in [1.29, 1.82) is 0 Å². The van der Waals surface area contributed by atoms with E-state index in [1.165, 1.54) is 5.69 Å². The highest BCUT2D eigenvalue weighted by Crippen LogP contribution is 2.49. The maximum atomic E-state index is 13.8. The summed E-state index contributed by atoms with van der Waals surface area (Å²) in [5.41, 5.74) is 7.88. The molecule has 2 amide bonds. The molecule has 210 valence electrons. The Kier molecular flexibility index (Phi) is 7.64. The van der Waals surface area contributed by atoms with Gasteiger partial charge in [0.2, 0.25) is 0 Å². The lowest BCUT2D eigenvalue weighted by Gasteiger charge is -2.31. The van der Waals surface area contributed by atoms with Gasteiger partial charge in [-0.3, -0.25) is 10.2 Å². The minimum absolute atomic E-state index is 0.134. The van der Waals surface area contributed by atoms with Crippen LogP contribution in [0.5, 0.6) is 0 Å². The van der Waals surface area contributed by atoms with Gasteiger partial charge in [-0.2, -0.15) is 10.2 Å². The van der Waals surface area contributed by atoms with Gasteiger partial charge >= 0.3 is 6.03 Å². The van der Waals surface area contributed by atoms with Crippen LogP contribution in [0.1, 0.15) is 53.7 Å². The van der Waals surface area contributed by atoms with Crippen LogP contribution in [0.3, 0.4) is 0 Å². The number of anilines is 2. The summed E-state index contributed by atoms with van der Waals surface area (Å²) in [6.45, 7) is 8.91. The van der Waals surface area contributed by atoms with E-state index in [4.69, 9.17) is 4.74 Å². The van der Waals surface area contributed by atoms with Crippen molar-refractivity contribution in [2.24, 2.45) is 10.2 Å². The molecule has 6 rings (SSSR count). The molecule has 2 aromatic carbocycles. The summed E-state index contributed by atoms with van der Waals surface area (Å²) in [4.78, 5) is 31.5.